The number of hydrogen-bond donors (Lipinski definition) is 2. The molecule has 112 valence electrons. The van der Waals surface area contributed by atoms with Crippen LogP contribution in [0.1, 0.15) is 26.9 Å². The molecule has 0 spiro atoms. The van der Waals surface area contributed by atoms with E-state index in [1.54, 1.807) is 0 Å². The number of hydrogen-bond acceptors (Lipinski definition) is 6. The molecule has 0 aliphatic carbocycles. The van der Waals surface area contributed by atoms with Crippen LogP contribution in [-0.2, 0) is 4.74 Å². The van der Waals surface area contributed by atoms with Gasteiger partial charge in [0.2, 0.25) is 0 Å². The van der Waals surface area contributed by atoms with Gasteiger partial charge in [-0.2, -0.15) is 0 Å². The summed E-state index contributed by atoms with van der Waals surface area (Å²) in [6, 6.07) is 7.63. The number of halogens is 1. The number of esters is 1. The molecule has 0 fully saturated rings. The van der Waals surface area contributed by atoms with E-state index < -0.39 is 12.1 Å². The summed E-state index contributed by atoms with van der Waals surface area (Å²) in [6.45, 7) is 2.24. The maximum absolute atomic E-state index is 11.4. The number of benzene rings is 1. The van der Waals surface area contributed by atoms with Crippen LogP contribution in [0.15, 0.2) is 24.3 Å². The number of aromatic nitrogens is 1. The summed E-state index contributed by atoms with van der Waals surface area (Å²) in [6.07, 6.45) is -0.672. The highest BCUT2D eigenvalue weighted by atomic mass is 35.5. The van der Waals surface area contributed by atoms with E-state index in [0.29, 0.717) is 5.13 Å². The fourth-order valence-corrected chi connectivity index (χ4v) is 2.88. The highest BCUT2D eigenvalue weighted by Crippen LogP contribution is 2.28. The molecule has 2 N–H and O–H groups in total. The van der Waals surface area contributed by atoms with Gasteiger partial charge in [-0.25, -0.2) is 9.78 Å². The van der Waals surface area contributed by atoms with Gasteiger partial charge in [-0.05, 0) is 12.5 Å². The molecule has 0 radical (unpaired) electrons. The quantitative estimate of drug-likeness (QED) is 0.826. The van der Waals surface area contributed by atoms with Crippen molar-refractivity contribution in [3.63, 3.8) is 0 Å². The van der Waals surface area contributed by atoms with Crippen LogP contribution >= 0.6 is 22.9 Å². The van der Waals surface area contributed by atoms with Crippen molar-refractivity contribution in [2.24, 2.45) is 0 Å². The topological polar surface area (TPSA) is 71.5 Å². The summed E-state index contributed by atoms with van der Waals surface area (Å²) in [7, 11) is 1.28. The second-order valence-corrected chi connectivity index (χ2v) is 5.80. The number of aliphatic hydroxyl groups is 1. The molecule has 2 aromatic rings. The van der Waals surface area contributed by atoms with Crippen LogP contribution in [0.4, 0.5) is 5.13 Å². The number of thiazole rings is 1. The first kappa shape index (κ1) is 15.8. The highest BCUT2D eigenvalue weighted by Gasteiger charge is 2.17. The van der Waals surface area contributed by atoms with Crippen molar-refractivity contribution < 1.29 is 14.6 Å². The lowest BCUT2D eigenvalue weighted by atomic mass is 10.1. The van der Waals surface area contributed by atoms with Crippen molar-refractivity contribution in [3.8, 4) is 0 Å². The summed E-state index contributed by atoms with van der Waals surface area (Å²) in [5, 5.41) is 13.7. The van der Waals surface area contributed by atoms with Gasteiger partial charge in [-0.3, -0.25) is 0 Å². The molecule has 0 bridgehead atoms. The summed E-state index contributed by atoms with van der Waals surface area (Å²) in [4.78, 5) is 15.7. The Kier molecular flexibility index (Phi) is 5.17. The van der Waals surface area contributed by atoms with Crippen LogP contribution in [-0.4, -0.2) is 29.7 Å². The van der Waals surface area contributed by atoms with Crippen LogP contribution in [0, 0.1) is 6.92 Å². The van der Waals surface area contributed by atoms with Gasteiger partial charge in [0.05, 0.1) is 13.2 Å². The SMILES string of the molecule is COC(=O)c1sc(NCC(O)c2cccc(C)c2)nc1Cl. The zero-order valence-corrected chi connectivity index (χ0v) is 13.2. The van der Waals surface area contributed by atoms with E-state index in [9.17, 15) is 9.90 Å². The number of nitrogens with one attached hydrogen (secondary N) is 1. The smallest absolute Gasteiger partial charge is 0.351 e. The van der Waals surface area contributed by atoms with Crippen molar-refractivity contribution in [1.82, 2.24) is 4.98 Å². The molecule has 2 rings (SSSR count). The maximum atomic E-state index is 11.4. The number of methoxy groups -OCH3 is 1. The molecule has 1 aromatic carbocycles. The minimum absolute atomic E-state index is 0.0967. The largest absolute Gasteiger partial charge is 0.465 e. The molecule has 0 aliphatic rings. The molecule has 1 unspecified atom stereocenters. The normalized spacial score (nSPS) is 12.0. The minimum Gasteiger partial charge on any atom is -0.465 e. The van der Waals surface area contributed by atoms with Crippen molar-refractivity contribution >= 4 is 34.0 Å². The predicted molar refractivity (Wildman–Crippen MR) is 83.1 cm³/mol. The third-order valence-corrected chi connectivity index (χ3v) is 4.21. The maximum Gasteiger partial charge on any atom is 0.351 e. The van der Waals surface area contributed by atoms with Crippen molar-refractivity contribution in [2.75, 3.05) is 19.0 Å². The van der Waals surface area contributed by atoms with E-state index in [0.717, 1.165) is 22.5 Å². The molecule has 0 saturated carbocycles. The third kappa shape index (κ3) is 3.93. The fourth-order valence-electron chi connectivity index (χ4n) is 1.77. The van der Waals surface area contributed by atoms with E-state index >= 15 is 0 Å². The summed E-state index contributed by atoms with van der Waals surface area (Å²) >= 11 is 6.96. The molecule has 0 saturated heterocycles. The number of ether oxygens (including phenoxy) is 1. The highest BCUT2D eigenvalue weighted by molar-refractivity contribution is 7.18. The first-order valence-electron chi connectivity index (χ1n) is 6.24. The molecule has 1 aromatic heterocycles. The Morgan fingerprint density at radius 3 is 3.00 bits per heavy atom. The second-order valence-electron chi connectivity index (χ2n) is 4.44. The van der Waals surface area contributed by atoms with Gasteiger partial charge in [0.15, 0.2) is 15.2 Å². The van der Waals surface area contributed by atoms with Gasteiger partial charge in [0, 0.05) is 6.54 Å². The first-order valence-corrected chi connectivity index (χ1v) is 7.44. The number of carbonyl (C=O) groups excluding carboxylic acids is 1. The number of anilines is 1. The summed E-state index contributed by atoms with van der Waals surface area (Å²) in [5.41, 5.74) is 1.90. The fraction of sp³-hybridized carbons (Fsp3) is 0.286. The van der Waals surface area contributed by atoms with Gasteiger partial charge < -0.3 is 15.2 Å². The van der Waals surface area contributed by atoms with Crippen molar-refractivity contribution in [3.05, 3.63) is 45.4 Å². The average molecular weight is 327 g/mol. The molecule has 0 aliphatic heterocycles. The number of aryl methyl sites for hydroxylation is 1. The van der Waals surface area contributed by atoms with E-state index in [2.05, 4.69) is 15.0 Å². The van der Waals surface area contributed by atoms with E-state index in [4.69, 9.17) is 11.6 Å². The van der Waals surface area contributed by atoms with Gasteiger partial charge in [0.25, 0.3) is 0 Å². The monoisotopic (exact) mass is 326 g/mol. The number of nitrogens with zero attached hydrogens (tertiary/aromatic N) is 1. The molecule has 7 heteroatoms. The third-order valence-electron chi connectivity index (χ3n) is 2.83. The van der Waals surface area contributed by atoms with Crippen molar-refractivity contribution in [1.29, 1.82) is 0 Å². The Bertz CT molecular complexity index is 645. The first-order chi connectivity index (χ1) is 10.0. The molecule has 1 atom stereocenters. The molecular weight excluding hydrogens is 312 g/mol. The zero-order valence-electron chi connectivity index (χ0n) is 11.6. The summed E-state index contributed by atoms with van der Waals surface area (Å²) in [5.74, 6) is -0.523. The summed E-state index contributed by atoms with van der Waals surface area (Å²) < 4.78 is 4.61. The second kappa shape index (κ2) is 6.89. The molecule has 21 heavy (non-hydrogen) atoms. The van der Waals surface area contributed by atoms with Gasteiger partial charge in [-0.1, -0.05) is 52.8 Å². The Morgan fingerprint density at radius 1 is 1.57 bits per heavy atom. The van der Waals surface area contributed by atoms with Gasteiger partial charge >= 0.3 is 5.97 Å². The predicted octanol–water partition coefficient (Wildman–Crippen LogP) is 3.04. The van der Waals surface area contributed by atoms with Crippen LogP contribution in [0.3, 0.4) is 0 Å². The Labute approximate surface area is 131 Å². The Hall–Kier alpha value is -1.63. The van der Waals surface area contributed by atoms with Crippen LogP contribution in [0.25, 0.3) is 0 Å². The Morgan fingerprint density at radius 2 is 2.33 bits per heavy atom. The Balaban J connectivity index is 2.01. The lowest BCUT2D eigenvalue weighted by molar-refractivity contribution is 0.0606. The van der Waals surface area contributed by atoms with E-state index in [1.165, 1.54) is 7.11 Å². The number of aliphatic hydroxyl groups excluding tert-OH is 1. The van der Waals surface area contributed by atoms with Crippen molar-refractivity contribution in [2.45, 2.75) is 13.0 Å². The average Bonchev–Trinajstić information content (AvgIpc) is 2.85. The number of rotatable bonds is 5. The minimum atomic E-state index is -0.672. The standard InChI is InChI=1S/C14H15ClN2O3S/c1-8-4-3-5-9(6-8)10(18)7-16-14-17-12(15)11(21-14)13(19)20-2/h3-6,10,18H,7H2,1-2H3,(H,16,17). The van der Waals surface area contributed by atoms with Crippen LogP contribution < -0.4 is 5.32 Å². The molecular formula is C14H15ClN2O3S. The van der Waals surface area contributed by atoms with E-state index in [1.807, 2.05) is 31.2 Å². The van der Waals surface area contributed by atoms with Gasteiger partial charge in [0.1, 0.15) is 0 Å². The molecule has 5 nitrogen and oxygen atoms in total. The van der Waals surface area contributed by atoms with E-state index in [-0.39, 0.29) is 16.6 Å². The molecule has 1 heterocycles. The van der Waals surface area contributed by atoms with Crippen LogP contribution in [0.5, 0.6) is 0 Å². The number of carbonyl (C=O) groups is 1. The molecule has 0 amide bonds. The van der Waals surface area contributed by atoms with Gasteiger partial charge in [-0.15, -0.1) is 0 Å². The lowest BCUT2D eigenvalue weighted by Crippen LogP contribution is -2.12. The lowest BCUT2D eigenvalue weighted by Gasteiger charge is -2.12. The zero-order chi connectivity index (χ0) is 15.4. The van der Waals surface area contributed by atoms with Crippen LogP contribution in [0.2, 0.25) is 5.15 Å².